The van der Waals surface area contributed by atoms with Gasteiger partial charge in [0.25, 0.3) is 0 Å². The molecule has 3 aromatic heterocycles. The predicted octanol–water partition coefficient (Wildman–Crippen LogP) is 11.2. The number of hydrogen-bond acceptors (Lipinski definition) is 3. The Balaban J connectivity index is 1.34. The molecule has 0 aliphatic carbocycles. The monoisotopic (exact) mass is 641 g/mol. The second kappa shape index (κ2) is 13.6. The smallest absolute Gasteiger partial charge is 0.0701 e. The molecular weight excluding hydrogens is 607 g/mol. The number of pyridine rings is 3. The van der Waals surface area contributed by atoms with E-state index in [1.54, 1.807) is 0 Å². The lowest BCUT2D eigenvalue weighted by Crippen LogP contribution is -2.31. The summed E-state index contributed by atoms with van der Waals surface area (Å²) in [4.78, 5) is 12.7. The fraction of sp³-hybridized carbons (Fsp3) is 0.0426. The summed E-state index contributed by atoms with van der Waals surface area (Å²) >= 11 is 0. The van der Waals surface area contributed by atoms with Crippen molar-refractivity contribution in [1.82, 2.24) is 15.0 Å². The van der Waals surface area contributed by atoms with Crippen LogP contribution in [0.25, 0.3) is 44.5 Å². The molecule has 5 aromatic carbocycles. The van der Waals surface area contributed by atoms with Crippen molar-refractivity contribution in [2.24, 2.45) is 0 Å². The first kappa shape index (κ1) is 30.9. The molecule has 0 saturated heterocycles. The molecule has 0 atom stereocenters. The molecule has 0 aliphatic heterocycles. The van der Waals surface area contributed by atoms with Crippen LogP contribution in [0.15, 0.2) is 195 Å². The molecule has 8 aromatic rings. The summed E-state index contributed by atoms with van der Waals surface area (Å²) in [7, 11) is 0. The van der Waals surface area contributed by atoms with Crippen molar-refractivity contribution in [2.45, 2.75) is 12.3 Å². The van der Waals surface area contributed by atoms with Crippen molar-refractivity contribution < 1.29 is 0 Å². The Morgan fingerprint density at radius 2 is 0.460 bits per heavy atom. The fourth-order valence-corrected chi connectivity index (χ4v) is 7.03. The minimum Gasteiger partial charge on any atom is -0.265 e. The SMILES string of the molecule is Cc1ccc(-c2ccc(C(c3ccc(-c4ccncc4)cc3)(c3ccc(-c4ccncc4)cc3)c3ccc(-c4ccncc4)cc3)cc2)cc1. The predicted molar refractivity (Wildman–Crippen MR) is 205 cm³/mol. The van der Waals surface area contributed by atoms with E-state index in [1.807, 2.05) is 37.2 Å². The Hall–Kier alpha value is -6.45. The normalized spacial score (nSPS) is 11.3. The molecule has 0 bridgehead atoms. The van der Waals surface area contributed by atoms with Crippen LogP contribution in [0.3, 0.4) is 0 Å². The van der Waals surface area contributed by atoms with E-state index in [2.05, 4.69) is 180 Å². The first-order valence-corrected chi connectivity index (χ1v) is 16.9. The Bertz CT molecular complexity index is 2100. The number of aromatic nitrogens is 3. The molecule has 0 amide bonds. The van der Waals surface area contributed by atoms with E-state index in [-0.39, 0.29) is 0 Å². The molecule has 50 heavy (non-hydrogen) atoms. The average Bonchev–Trinajstić information content (AvgIpc) is 3.20. The molecule has 0 spiro atoms. The summed E-state index contributed by atoms with van der Waals surface area (Å²) in [6, 6.07) is 57.4. The first-order valence-electron chi connectivity index (χ1n) is 16.9. The average molecular weight is 642 g/mol. The molecule has 0 radical (unpaired) electrons. The van der Waals surface area contributed by atoms with Gasteiger partial charge in [-0.05, 0) is 110 Å². The minimum absolute atomic E-state index is 0.615. The summed E-state index contributed by atoms with van der Waals surface area (Å²) in [5.74, 6) is 0. The number of rotatable bonds is 8. The zero-order chi connectivity index (χ0) is 33.8. The maximum Gasteiger partial charge on any atom is 0.0701 e. The lowest BCUT2D eigenvalue weighted by Gasteiger charge is -2.37. The molecular formula is C47H35N3. The highest BCUT2D eigenvalue weighted by atomic mass is 14.6. The van der Waals surface area contributed by atoms with Gasteiger partial charge in [-0.3, -0.25) is 15.0 Å². The molecule has 8 rings (SSSR count). The van der Waals surface area contributed by atoms with Gasteiger partial charge in [0.1, 0.15) is 0 Å². The van der Waals surface area contributed by atoms with Crippen LogP contribution < -0.4 is 0 Å². The Morgan fingerprint density at radius 1 is 0.260 bits per heavy atom. The van der Waals surface area contributed by atoms with Crippen molar-refractivity contribution in [3.8, 4) is 44.5 Å². The molecule has 238 valence electrons. The van der Waals surface area contributed by atoms with Crippen molar-refractivity contribution in [3.05, 3.63) is 223 Å². The minimum atomic E-state index is -0.615. The van der Waals surface area contributed by atoms with Crippen LogP contribution in [0.2, 0.25) is 0 Å². The summed E-state index contributed by atoms with van der Waals surface area (Å²) in [5, 5.41) is 0. The maximum absolute atomic E-state index is 4.23. The highest BCUT2D eigenvalue weighted by molar-refractivity contribution is 5.72. The lowest BCUT2D eigenvalue weighted by atomic mass is 9.64. The third-order valence-corrected chi connectivity index (χ3v) is 9.70. The molecule has 0 aliphatic rings. The quantitative estimate of drug-likeness (QED) is 0.155. The van der Waals surface area contributed by atoms with Crippen LogP contribution in [0.4, 0.5) is 0 Å². The van der Waals surface area contributed by atoms with Crippen LogP contribution >= 0.6 is 0 Å². The number of benzene rings is 5. The van der Waals surface area contributed by atoms with Gasteiger partial charge >= 0.3 is 0 Å². The summed E-state index contributed by atoms with van der Waals surface area (Å²) in [5.41, 5.74) is 14.7. The van der Waals surface area contributed by atoms with E-state index in [9.17, 15) is 0 Å². The van der Waals surface area contributed by atoms with Crippen molar-refractivity contribution >= 4 is 0 Å². The molecule has 3 nitrogen and oxygen atoms in total. The van der Waals surface area contributed by atoms with Crippen molar-refractivity contribution in [1.29, 1.82) is 0 Å². The molecule has 3 heteroatoms. The summed E-state index contributed by atoms with van der Waals surface area (Å²) < 4.78 is 0. The fourth-order valence-electron chi connectivity index (χ4n) is 7.03. The number of nitrogens with zero attached hydrogens (tertiary/aromatic N) is 3. The van der Waals surface area contributed by atoms with Gasteiger partial charge in [-0.15, -0.1) is 0 Å². The van der Waals surface area contributed by atoms with Crippen molar-refractivity contribution in [3.63, 3.8) is 0 Å². The van der Waals surface area contributed by atoms with Gasteiger partial charge in [-0.25, -0.2) is 0 Å². The lowest BCUT2D eigenvalue weighted by molar-refractivity contribution is 0.745. The second-order valence-electron chi connectivity index (χ2n) is 12.6. The first-order chi connectivity index (χ1) is 24.7. The standard InChI is InChI=1S/C47H35N3/c1-34-2-4-35(5-3-34)36-6-14-43(15-7-36)47(44-16-8-37(9-17-44)40-22-28-48-29-23-40,45-18-10-38(11-19-45)41-24-30-49-31-25-41)46-20-12-39(13-21-46)42-26-32-50-33-27-42/h2-33H,1H3. The molecule has 0 saturated carbocycles. The summed E-state index contributed by atoms with van der Waals surface area (Å²) in [6.07, 6.45) is 11.1. The zero-order valence-electron chi connectivity index (χ0n) is 27.8. The van der Waals surface area contributed by atoms with E-state index in [1.165, 1.54) is 38.9 Å². The number of hydrogen-bond donors (Lipinski definition) is 0. The third kappa shape index (κ3) is 5.91. The third-order valence-electron chi connectivity index (χ3n) is 9.70. The highest BCUT2D eigenvalue weighted by Gasteiger charge is 2.38. The van der Waals surface area contributed by atoms with Gasteiger partial charge in [-0.1, -0.05) is 127 Å². The Labute approximate surface area is 293 Å². The van der Waals surface area contributed by atoms with E-state index < -0.39 is 5.41 Å². The number of aryl methyl sites for hydroxylation is 1. The van der Waals surface area contributed by atoms with Gasteiger partial charge in [0, 0.05) is 37.2 Å². The topological polar surface area (TPSA) is 38.7 Å². The van der Waals surface area contributed by atoms with E-state index in [4.69, 9.17) is 0 Å². The highest BCUT2D eigenvalue weighted by Crippen LogP contribution is 2.47. The zero-order valence-corrected chi connectivity index (χ0v) is 27.8. The largest absolute Gasteiger partial charge is 0.265 e. The van der Waals surface area contributed by atoms with Crippen LogP contribution in [0, 0.1) is 6.92 Å². The van der Waals surface area contributed by atoms with E-state index >= 15 is 0 Å². The molecule has 3 heterocycles. The maximum atomic E-state index is 4.23. The van der Waals surface area contributed by atoms with Gasteiger partial charge in [0.05, 0.1) is 5.41 Å². The van der Waals surface area contributed by atoms with Crippen LogP contribution in [0.5, 0.6) is 0 Å². The molecule has 0 fully saturated rings. The van der Waals surface area contributed by atoms with Gasteiger partial charge in [0.15, 0.2) is 0 Å². The van der Waals surface area contributed by atoms with E-state index in [0.717, 1.165) is 33.4 Å². The molecule has 0 unspecified atom stereocenters. The van der Waals surface area contributed by atoms with Gasteiger partial charge in [-0.2, -0.15) is 0 Å². The van der Waals surface area contributed by atoms with Gasteiger partial charge in [0.2, 0.25) is 0 Å². The molecule has 0 N–H and O–H groups in total. The van der Waals surface area contributed by atoms with Gasteiger partial charge < -0.3 is 0 Å². The summed E-state index contributed by atoms with van der Waals surface area (Å²) in [6.45, 7) is 2.13. The second-order valence-corrected chi connectivity index (χ2v) is 12.6. The van der Waals surface area contributed by atoms with Crippen LogP contribution in [0.1, 0.15) is 27.8 Å². The Kier molecular flexibility index (Phi) is 8.38. The van der Waals surface area contributed by atoms with Crippen LogP contribution in [-0.2, 0) is 5.41 Å². The Morgan fingerprint density at radius 3 is 0.700 bits per heavy atom. The van der Waals surface area contributed by atoms with E-state index in [0.29, 0.717) is 0 Å². The van der Waals surface area contributed by atoms with Crippen molar-refractivity contribution in [2.75, 3.05) is 0 Å². The van der Waals surface area contributed by atoms with Crippen LogP contribution in [-0.4, -0.2) is 15.0 Å².